The Morgan fingerprint density at radius 3 is 2.62 bits per heavy atom. The van der Waals surface area contributed by atoms with Gasteiger partial charge in [-0.05, 0) is 47.9 Å². The minimum absolute atomic E-state index is 0.206. The van der Waals surface area contributed by atoms with E-state index in [0.717, 1.165) is 24.2 Å². The first-order valence-corrected chi connectivity index (χ1v) is 7.74. The van der Waals surface area contributed by atoms with Gasteiger partial charge in [0.25, 0.3) is 0 Å². The average molecular weight is 297 g/mol. The van der Waals surface area contributed by atoms with Crippen molar-refractivity contribution in [3.8, 4) is 0 Å². The third kappa shape index (κ3) is 2.65. The number of alkyl halides is 3. The lowest BCUT2D eigenvalue weighted by Gasteiger charge is -2.42. The maximum atomic E-state index is 13.0. The highest BCUT2D eigenvalue weighted by atomic mass is 19.4. The number of hydrogen-bond donors (Lipinski definition) is 1. The molecule has 1 N–H and O–H groups in total. The molecule has 0 aromatic heterocycles. The standard InChI is InChI=1S/C17H22F3N/c1-16(2)8-4-3-5-14(16)13-10-21-15-7-6-11(9-12(13)15)17(18,19)20/h6-7,9,13-14,21H,3-5,8,10H2,1-2H3. The summed E-state index contributed by atoms with van der Waals surface area (Å²) >= 11 is 0. The zero-order valence-corrected chi connectivity index (χ0v) is 12.6. The summed E-state index contributed by atoms with van der Waals surface area (Å²) in [7, 11) is 0. The van der Waals surface area contributed by atoms with Crippen LogP contribution in [-0.2, 0) is 6.18 Å². The summed E-state index contributed by atoms with van der Waals surface area (Å²) in [6.07, 6.45) is 0.458. The molecule has 0 bridgehead atoms. The SMILES string of the molecule is CC1(C)CCCCC1C1CNc2ccc(C(F)(F)F)cc21. The number of anilines is 1. The van der Waals surface area contributed by atoms with Gasteiger partial charge in [0.05, 0.1) is 5.56 Å². The van der Waals surface area contributed by atoms with Gasteiger partial charge in [0.1, 0.15) is 0 Å². The number of hydrogen-bond acceptors (Lipinski definition) is 1. The van der Waals surface area contributed by atoms with E-state index in [0.29, 0.717) is 5.92 Å². The van der Waals surface area contributed by atoms with Gasteiger partial charge in [-0.3, -0.25) is 0 Å². The second kappa shape index (κ2) is 4.92. The molecule has 1 nitrogen and oxygen atoms in total. The molecule has 0 spiro atoms. The topological polar surface area (TPSA) is 12.0 Å². The number of rotatable bonds is 1. The molecule has 1 aromatic carbocycles. The second-order valence-corrected chi connectivity index (χ2v) is 7.13. The molecular weight excluding hydrogens is 275 g/mol. The lowest BCUT2D eigenvalue weighted by atomic mass is 9.63. The van der Waals surface area contributed by atoms with Crippen molar-refractivity contribution in [2.24, 2.45) is 11.3 Å². The molecule has 0 amide bonds. The van der Waals surface area contributed by atoms with Crippen molar-refractivity contribution in [1.82, 2.24) is 0 Å². The predicted octanol–water partition coefficient (Wildman–Crippen LogP) is 5.43. The van der Waals surface area contributed by atoms with Crippen molar-refractivity contribution in [3.05, 3.63) is 29.3 Å². The molecular formula is C17H22F3N. The van der Waals surface area contributed by atoms with E-state index in [4.69, 9.17) is 0 Å². The van der Waals surface area contributed by atoms with Crippen LogP contribution in [0.3, 0.4) is 0 Å². The molecule has 2 aliphatic rings. The molecule has 4 heteroatoms. The lowest BCUT2D eigenvalue weighted by Crippen LogP contribution is -2.33. The molecule has 21 heavy (non-hydrogen) atoms. The van der Waals surface area contributed by atoms with Crippen LogP contribution >= 0.6 is 0 Å². The van der Waals surface area contributed by atoms with Crippen molar-refractivity contribution >= 4 is 5.69 Å². The first kappa shape index (κ1) is 14.7. The summed E-state index contributed by atoms with van der Waals surface area (Å²) in [5, 5.41) is 3.30. The third-order valence-corrected chi connectivity index (χ3v) is 5.37. The van der Waals surface area contributed by atoms with Crippen molar-refractivity contribution in [2.45, 2.75) is 51.6 Å². The van der Waals surface area contributed by atoms with Gasteiger partial charge in [0, 0.05) is 18.2 Å². The highest BCUT2D eigenvalue weighted by Gasteiger charge is 2.41. The number of halogens is 3. The van der Waals surface area contributed by atoms with E-state index in [1.54, 1.807) is 6.07 Å². The molecule has 3 rings (SSSR count). The van der Waals surface area contributed by atoms with Crippen LogP contribution in [0.1, 0.15) is 56.6 Å². The molecule has 0 radical (unpaired) electrons. The minimum Gasteiger partial charge on any atom is -0.384 e. The lowest BCUT2D eigenvalue weighted by molar-refractivity contribution is -0.137. The van der Waals surface area contributed by atoms with Crippen molar-refractivity contribution < 1.29 is 13.2 Å². The Morgan fingerprint density at radius 1 is 1.19 bits per heavy atom. The Balaban J connectivity index is 1.95. The normalized spacial score (nSPS) is 28.0. The molecule has 0 saturated heterocycles. The Morgan fingerprint density at radius 2 is 1.95 bits per heavy atom. The van der Waals surface area contributed by atoms with Crippen molar-refractivity contribution in [3.63, 3.8) is 0 Å². The summed E-state index contributed by atoms with van der Waals surface area (Å²) in [6, 6.07) is 4.14. The predicted molar refractivity (Wildman–Crippen MR) is 78.4 cm³/mol. The zero-order chi connectivity index (χ0) is 15.3. The van der Waals surface area contributed by atoms with Gasteiger partial charge < -0.3 is 5.32 Å². The molecule has 1 aliphatic carbocycles. The maximum Gasteiger partial charge on any atom is 0.416 e. The smallest absolute Gasteiger partial charge is 0.384 e. The molecule has 1 heterocycles. The van der Waals surface area contributed by atoms with Gasteiger partial charge in [-0.25, -0.2) is 0 Å². The van der Waals surface area contributed by atoms with Gasteiger partial charge >= 0.3 is 6.18 Å². The first-order chi connectivity index (χ1) is 9.79. The zero-order valence-electron chi connectivity index (χ0n) is 12.6. The Kier molecular flexibility index (Phi) is 3.45. The van der Waals surface area contributed by atoms with Crippen LogP contribution in [0.15, 0.2) is 18.2 Å². The number of benzene rings is 1. The largest absolute Gasteiger partial charge is 0.416 e. The first-order valence-electron chi connectivity index (χ1n) is 7.74. The summed E-state index contributed by atoms with van der Waals surface area (Å²) in [5.41, 5.74) is 1.43. The van der Waals surface area contributed by atoms with Crippen LogP contribution in [0.2, 0.25) is 0 Å². The molecule has 2 atom stereocenters. The van der Waals surface area contributed by atoms with Crippen LogP contribution in [0, 0.1) is 11.3 Å². The van der Waals surface area contributed by atoms with Gasteiger partial charge in [-0.15, -0.1) is 0 Å². The Hall–Kier alpha value is -1.19. The fraction of sp³-hybridized carbons (Fsp3) is 0.647. The summed E-state index contributed by atoms with van der Waals surface area (Å²) in [6.45, 7) is 5.30. The monoisotopic (exact) mass is 297 g/mol. The van der Waals surface area contributed by atoms with E-state index in [1.807, 2.05) is 0 Å². The van der Waals surface area contributed by atoms with E-state index in [1.165, 1.54) is 31.4 Å². The van der Waals surface area contributed by atoms with Crippen molar-refractivity contribution in [1.29, 1.82) is 0 Å². The maximum absolute atomic E-state index is 13.0. The van der Waals surface area contributed by atoms with Gasteiger partial charge in [0.15, 0.2) is 0 Å². The Labute approximate surface area is 123 Å². The summed E-state index contributed by atoms with van der Waals surface area (Å²) in [5.74, 6) is 0.668. The van der Waals surface area contributed by atoms with Gasteiger partial charge in [0.2, 0.25) is 0 Å². The molecule has 2 unspecified atom stereocenters. The van der Waals surface area contributed by atoms with Crippen LogP contribution in [-0.4, -0.2) is 6.54 Å². The molecule has 1 aromatic rings. The molecule has 116 valence electrons. The van der Waals surface area contributed by atoms with Crippen LogP contribution in [0.25, 0.3) is 0 Å². The van der Waals surface area contributed by atoms with Gasteiger partial charge in [-0.2, -0.15) is 13.2 Å². The fourth-order valence-electron chi connectivity index (χ4n) is 4.16. The van der Waals surface area contributed by atoms with Crippen molar-refractivity contribution in [2.75, 3.05) is 11.9 Å². The van der Waals surface area contributed by atoms with Crippen LogP contribution in [0.5, 0.6) is 0 Å². The highest BCUT2D eigenvalue weighted by molar-refractivity contribution is 5.59. The Bertz CT molecular complexity index is 533. The van der Waals surface area contributed by atoms with Gasteiger partial charge in [-0.1, -0.05) is 26.7 Å². The average Bonchev–Trinajstić information content (AvgIpc) is 2.80. The fourth-order valence-corrected chi connectivity index (χ4v) is 4.16. The summed E-state index contributed by atoms with van der Waals surface area (Å²) in [4.78, 5) is 0. The third-order valence-electron chi connectivity index (χ3n) is 5.37. The van der Waals surface area contributed by atoms with E-state index in [2.05, 4.69) is 19.2 Å². The number of nitrogens with one attached hydrogen (secondary N) is 1. The molecule has 1 saturated carbocycles. The summed E-state index contributed by atoms with van der Waals surface area (Å²) < 4.78 is 38.9. The van der Waals surface area contributed by atoms with E-state index >= 15 is 0 Å². The molecule has 1 fully saturated rings. The van der Waals surface area contributed by atoms with Crippen LogP contribution < -0.4 is 5.32 Å². The van der Waals surface area contributed by atoms with E-state index < -0.39 is 11.7 Å². The van der Waals surface area contributed by atoms with E-state index in [-0.39, 0.29) is 11.3 Å². The number of fused-ring (bicyclic) bond motifs is 1. The van der Waals surface area contributed by atoms with Crippen LogP contribution in [0.4, 0.5) is 18.9 Å². The van der Waals surface area contributed by atoms with E-state index in [9.17, 15) is 13.2 Å². The second-order valence-electron chi connectivity index (χ2n) is 7.13. The quantitative estimate of drug-likeness (QED) is 0.728. The molecule has 1 aliphatic heterocycles. The minimum atomic E-state index is -4.26. The highest BCUT2D eigenvalue weighted by Crippen LogP contribution is 2.51.